The largest absolute Gasteiger partial charge is 0.465 e. The summed E-state index contributed by atoms with van der Waals surface area (Å²) in [6.45, 7) is 0.110. The Morgan fingerprint density at radius 3 is 2.65 bits per heavy atom. The van der Waals surface area contributed by atoms with E-state index in [4.69, 9.17) is 4.74 Å². The van der Waals surface area contributed by atoms with Crippen LogP contribution in [0.15, 0.2) is 40.2 Å². The van der Waals surface area contributed by atoms with Gasteiger partial charge in [-0.15, -0.1) is 11.3 Å². The number of esters is 2. The molecule has 2 aromatic rings. The first-order valence-electron chi connectivity index (χ1n) is 5.70. The second-order valence-corrected chi connectivity index (χ2v) is 6.33. The standard InChI is InChI=1S/C14H11BrO4S/c1-18-13(16)10-4-2-3-9(7-10)8-19-14(17)11-5-6-12(15)20-11/h2-7H,8H2,1H3. The third-order valence-corrected chi connectivity index (χ3v) is 4.10. The van der Waals surface area contributed by atoms with Crippen molar-refractivity contribution in [3.63, 3.8) is 0 Å². The molecule has 1 aromatic heterocycles. The van der Waals surface area contributed by atoms with Crippen LogP contribution in [-0.4, -0.2) is 19.0 Å². The van der Waals surface area contributed by atoms with Gasteiger partial charge in [-0.25, -0.2) is 9.59 Å². The van der Waals surface area contributed by atoms with E-state index in [1.54, 1.807) is 36.4 Å². The minimum absolute atomic E-state index is 0.110. The number of halogens is 1. The van der Waals surface area contributed by atoms with Crippen LogP contribution < -0.4 is 0 Å². The van der Waals surface area contributed by atoms with E-state index in [0.717, 1.165) is 9.35 Å². The van der Waals surface area contributed by atoms with Gasteiger partial charge in [-0.2, -0.15) is 0 Å². The minimum Gasteiger partial charge on any atom is -0.465 e. The fourth-order valence-corrected chi connectivity index (χ4v) is 2.83. The van der Waals surface area contributed by atoms with Crippen LogP contribution in [-0.2, 0) is 16.1 Å². The quantitative estimate of drug-likeness (QED) is 0.786. The van der Waals surface area contributed by atoms with Crippen molar-refractivity contribution in [1.29, 1.82) is 0 Å². The first-order valence-corrected chi connectivity index (χ1v) is 7.31. The van der Waals surface area contributed by atoms with E-state index in [9.17, 15) is 9.59 Å². The van der Waals surface area contributed by atoms with Gasteiger partial charge in [0, 0.05) is 0 Å². The van der Waals surface area contributed by atoms with E-state index in [1.807, 2.05) is 0 Å². The maximum Gasteiger partial charge on any atom is 0.348 e. The van der Waals surface area contributed by atoms with Crippen LogP contribution in [0.2, 0.25) is 0 Å². The van der Waals surface area contributed by atoms with E-state index in [1.165, 1.54) is 18.4 Å². The second kappa shape index (κ2) is 6.67. The Morgan fingerprint density at radius 1 is 1.20 bits per heavy atom. The Kier molecular flexibility index (Phi) is 4.92. The first-order chi connectivity index (χ1) is 9.60. The Hall–Kier alpha value is -1.66. The highest BCUT2D eigenvalue weighted by molar-refractivity contribution is 9.11. The molecule has 0 unspecified atom stereocenters. The lowest BCUT2D eigenvalue weighted by Gasteiger charge is -2.05. The molecule has 104 valence electrons. The average Bonchev–Trinajstić information content (AvgIpc) is 2.91. The molecule has 4 nitrogen and oxygen atoms in total. The molecule has 0 aliphatic rings. The summed E-state index contributed by atoms with van der Waals surface area (Å²) in [5.41, 5.74) is 1.16. The summed E-state index contributed by atoms with van der Waals surface area (Å²) in [4.78, 5) is 23.7. The Balaban J connectivity index is 2.00. The summed E-state index contributed by atoms with van der Waals surface area (Å²) in [6, 6.07) is 10.3. The van der Waals surface area contributed by atoms with Crippen LogP contribution in [0, 0.1) is 0 Å². The number of carbonyl (C=O) groups excluding carboxylic acids is 2. The summed E-state index contributed by atoms with van der Waals surface area (Å²) in [5, 5.41) is 0. The predicted molar refractivity (Wildman–Crippen MR) is 78.9 cm³/mol. The van der Waals surface area contributed by atoms with Crippen LogP contribution in [0.4, 0.5) is 0 Å². The van der Waals surface area contributed by atoms with E-state index < -0.39 is 5.97 Å². The van der Waals surface area contributed by atoms with Gasteiger partial charge in [-0.3, -0.25) is 0 Å². The minimum atomic E-state index is -0.416. The molecule has 2 rings (SSSR count). The van der Waals surface area contributed by atoms with Crippen molar-refractivity contribution in [2.24, 2.45) is 0 Å². The SMILES string of the molecule is COC(=O)c1cccc(COC(=O)c2ccc(Br)s2)c1. The van der Waals surface area contributed by atoms with Crippen LogP contribution in [0.5, 0.6) is 0 Å². The molecular weight excluding hydrogens is 344 g/mol. The van der Waals surface area contributed by atoms with E-state index in [0.29, 0.717) is 10.4 Å². The van der Waals surface area contributed by atoms with E-state index in [-0.39, 0.29) is 12.6 Å². The molecule has 6 heteroatoms. The van der Waals surface area contributed by atoms with Crippen molar-refractivity contribution in [2.75, 3.05) is 7.11 Å². The maximum atomic E-state index is 11.8. The zero-order valence-electron chi connectivity index (χ0n) is 10.6. The highest BCUT2D eigenvalue weighted by Gasteiger charge is 2.11. The number of hydrogen-bond donors (Lipinski definition) is 0. The Labute approximate surface area is 128 Å². The molecule has 0 aliphatic carbocycles. The van der Waals surface area contributed by atoms with Crippen molar-refractivity contribution in [1.82, 2.24) is 0 Å². The molecule has 0 atom stereocenters. The number of thiophene rings is 1. The van der Waals surface area contributed by atoms with Gasteiger partial charge in [-0.05, 0) is 45.8 Å². The summed E-state index contributed by atoms with van der Waals surface area (Å²) in [6.07, 6.45) is 0. The molecule has 0 bridgehead atoms. The third kappa shape index (κ3) is 3.68. The third-order valence-electron chi connectivity index (χ3n) is 2.49. The average molecular weight is 355 g/mol. The van der Waals surface area contributed by atoms with Gasteiger partial charge in [0.05, 0.1) is 16.5 Å². The number of hydrogen-bond acceptors (Lipinski definition) is 5. The molecule has 1 heterocycles. The fourth-order valence-electron chi connectivity index (χ4n) is 1.55. The molecule has 0 amide bonds. The van der Waals surface area contributed by atoms with Gasteiger partial charge >= 0.3 is 11.9 Å². The summed E-state index contributed by atoms with van der Waals surface area (Å²) in [5.74, 6) is -0.801. The summed E-state index contributed by atoms with van der Waals surface area (Å²) in [7, 11) is 1.32. The second-order valence-electron chi connectivity index (χ2n) is 3.87. The lowest BCUT2D eigenvalue weighted by atomic mass is 10.1. The number of carbonyl (C=O) groups is 2. The van der Waals surface area contributed by atoms with Crippen molar-refractivity contribution in [3.05, 3.63) is 56.2 Å². The maximum absolute atomic E-state index is 11.8. The lowest BCUT2D eigenvalue weighted by Crippen LogP contribution is -2.05. The summed E-state index contributed by atoms with van der Waals surface area (Å²) < 4.78 is 10.7. The predicted octanol–water partition coefficient (Wildman–Crippen LogP) is 3.65. The first kappa shape index (κ1) is 14.7. The smallest absolute Gasteiger partial charge is 0.348 e. The van der Waals surface area contributed by atoms with E-state index >= 15 is 0 Å². The van der Waals surface area contributed by atoms with Crippen LogP contribution >= 0.6 is 27.3 Å². The zero-order valence-corrected chi connectivity index (χ0v) is 13.0. The molecule has 0 saturated heterocycles. The summed E-state index contributed by atoms with van der Waals surface area (Å²) >= 11 is 4.60. The van der Waals surface area contributed by atoms with Crippen molar-refractivity contribution in [3.8, 4) is 0 Å². The number of methoxy groups -OCH3 is 1. The molecule has 0 radical (unpaired) electrons. The van der Waals surface area contributed by atoms with Crippen molar-refractivity contribution in [2.45, 2.75) is 6.61 Å². The number of rotatable bonds is 4. The normalized spacial score (nSPS) is 10.1. The number of benzene rings is 1. The van der Waals surface area contributed by atoms with Gasteiger partial charge < -0.3 is 9.47 Å². The van der Waals surface area contributed by atoms with Crippen LogP contribution in [0.1, 0.15) is 25.6 Å². The lowest BCUT2D eigenvalue weighted by molar-refractivity contribution is 0.0478. The Bertz CT molecular complexity index is 636. The molecule has 0 fully saturated rings. The molecular formula is C14H11BrO4S. The molecule has 0 N–H and O–H groups in total. The fraction of sp³-hybridized carbons (Fsp3) is 0.143. The zero-order chi connectivity index (χ0) is 14.5. The topological polar surface area (TPSA) is 52.6 Å². The van der Waals surface area contributed by atoms with Gasteiger partial charge in [0.25, 0.3) is 0 Å². The highest BCUT2D eigenvalue weighted by Crippen LogP contribution is 2.23. The van der Waals surface area contributed by atoms with Gasteiger partial charge in [0.15, 0.2) is 0 Å². The van der Waals surface area contributed by atoms with Gasteiger partial charge in [-0.1, -0.05) is 12.1 Å². The number of ether oxygens (including phenoxy) is 2. The van der Waals surface area contributed by atoms with Gasteiger partial charge in [0.1, 0.15) is 11.5 Å². The van der Waals surface area contributed by atoms with Crippen molar-refractivity contribution < 1.29 is 19.1 Å². The molecule has 20 heavy (non-hydrogen) atoms. The van der Waals surface area contributed by atoms with Crippen LogP contribution in [0.25, 0.3) is 0 Å². The molecule has 1 aromatic carbocycles. The Morgan fingerprint density at radius 2 is 2.00 bits per heavy atom. The molecule has 0 saturated carbocycles. The van der Waals surface area contributed by atoms with Crippen molar-refractivity contribution >= 4 is 39.2 Å². The van der Waals surface area contributed by atoms with Gasteiger partial charge in [0.2, 0.25) is 0 Å². The molecule has 0 aliphatic heterocycles. The van der Waals surface area contributed by atoms with Crippen LogP contribution in [0.3, 0.4) is 0 Å². The molecule has 0 spiro atoms. The monoisotopic (exact) mass is 354 g/mol. The highest BCUT2D eigenvalue weighted by atomic mass is 79.9. The van der Waals surface area contributed by atoms with E-state index in [2.05, 4.69) is 20.7 Å².